The van der Waals surface area contributed by atoms with Crippen molar-refractivity contribution in [3.8, 4) is 0 Å². The minimum atomic E-state index is -0.707. The summed E-state index contributed by atoms with van der Waals surface area (Å²) in [5.74, 6) is -0.201. The molecule has 1 unspecified atom stereocenters. The van der Waals surface area contributed by atoms with E-state index in [0.717, 1.165) is 25.7 Å². The topological polar surface area (TPSA) is 49.3 Å². The van der Waals surface area contributed by atoms with Crippen molar-refractivity contribution in [2.75, 3.05) is 7.05 Å². The highest BCUT2D eigenvalue weighted by Gasteiger charge is 2.20. The van der Waals surface area contributed by atoms with Gasteiger partial charge in [0.1, 0.15) is 0 Å². The quantitative estimate of drug-likeness (QED) is 0.633. The fraction of sp³-hybridized carbons (Fsp3) is 0.909. The van der Waals surface area contributed by atoms with Gasteiger partial charge in [-0.25, -0.2) is 0 Å². The van der Waals surface area contributed by atoms with E-state index in [1.807, 2.05) is 7.05 Å². The molecule has 2 N–H and O–H groups in total. The maximum absolute atomic E-state index is 10.6. The van der Waals surface area contributed by atoms with E-state index in [2.05, 4.69) is 19.2 Å². The third-order valence-electron chi connectivity index (χ3n) is 2.65. The van der Waals surface area contributed by atoms with Crippen molar-refractivity contribution in [1.29, 1.82) is 0 Å². The maximum Gasteiger partial charge on any atom is 0.304 e. The monoisotopic (exact) mass is 201 g/mol. The van der Waals surface area contributed by atoms with Gasteiger partial charge < -0.3 is 10.4 Å². The van der Waals surface area contributed by atoms with Gasteiger partial charge in [0.2, 0.25) is 0 Å². The molecule has 3 heteroatoms. The lowest BCUT2D eigenvalue weighted by atomic mass is 9.88. The van der Waals surface area contributed by atoms with E-state index in [1.54, 1.807) is 0 Å². The van der Waals surface area contributed by atoms with Crippen LogP contribution < -0.4 is 5.32 Å². The van der Waals surface area contributed by atoms with Gasteiger partial charge in [-0.15, -0.1) is 0 Å². The lowest BCUT2D eigenvalue weighted by Crippen LogP contribution is -2.35. The zero-order chi connectivity index (χ0) is 11.0. The average Bonchev–Trinajstić information content (AvgIpc) is 2.13. The molecule has 0 heterocycles. The Labute approximate surface area is 86.9 Å². The van der Waals surface area contributed by atoms with Crippen LogP contribution in [0.3, 0.4) is 0 Å². The Kier molecular flexibility index (Phi) is 7.48. The van der Waals surface area contributed by atoms with Crippen LogP contribution in [0, 0.1) is 5.92 Å². The number of hydrogen-bond acceptors (Lipinski definition) is 2. The zero-order valence-electron chi connectivity index (χ0n) is 9.55. The molecule has 0 aliphatic rings. The summed E-state index contributed by atoms with van der Waals surface area (Å²) < 4.78 is 0. The average molecular weight is 201 g/mol. The molecule has 0 spiro atoms. The third-order valence-corrected chi connectivity index (χ3v) is 2.65. The summed E-state index contributed by atoms with van der Waals surface area (Å²) in [6.07, 6.45) is 4.73. The van der Waals surface area contributed by atoms with Crippen LogP contribution in [0.2, 0.25) is 0 Å². The molecule has 0 radical (unpaired) electrons. The molecule has 0 aliphatic carbocycles. The summed E-state index contributed by atoms with van der Waals surface area (Å²) in [6, 6.07) is 0.132. The molecule has 3 nitrogen and oxygen atoms in total. The zero-order valence-corrected chi connectivity index (χ0v) is 9.55. The Morgan fingerprint density at radius 3 is 2.07 bits per heavy atom. The highest BCUT2D eigenvalue weighted by atomic mass is 16.4. The first-order valence-electron chi connectivity index (χ1n) is 5.54. The van der Waals surface area contributed by atoms with Crippen molar-refractivity contribution in [2.24, 2.45) is 5.92 Å². The number of aliphatic carboxylic acids is 1. The molecule has 0 aromatic carbocycles. The minimum Gasteiger partial charge on any atom is -0.481 e. The first kappa shape index (κ1) is 13.4. The van der Waals surface area contributed by atoms with E-state index in [1.165, 1.54) is 0 Å². The van der Waals surface area contributed by atoms with E-state index in [-0.39, 0.29) is 12.5 Å². The predicted octanol–water partition coefficient (Wildman–Crippen LogP) is 2.27. The highest BCUT2D eigenvalue weighted by Crippen LogP contribution is 2.19. The van der Waals surface area contributed by atoms with Gasteiger partial charge in [0, 0.05) is 6.04 Å². The number of carboxylic acids is 1. The molecule has 0 fully saturated rings. The van der Waals surface area contributed by atoms with E-state index in [4.69, 9.17) is 5.11 Å². The van der Waals surface area contributed by atoms with Gasteiger partial charge in [0.05, 0.1) is 6.42 Å². The molecule has 0 saturated carbocycles. The van der Waals surface area contributed by atoms with Crippen molar-refractivity contribution in [3.05, 3.63) is 0 Å². The van der Waals surface area contributed by atoms with Crippen LogP contribution >= 0.6 is 0 Å². The second kappa shape index (κ2) is 7.80. The summed E-state index contributed by atoms with van der Waals surface area (Å²) >= 11 is 0. The number of hydrogen-bond donors (Lipinski definition) is 2. The Morgan fingerprint density at radius 1 is 1.29 bits per heavy atom. The van der Waals surface area contributed by atoms with Gasteiger partial charge in [-0.2, -0.15) is 0 Å². The van der Waals surface area contributed by atoms with Gasteiger partial charge in [0.25, 0.3) is 0 Å². The SMILES string of the molecule is CCCC(CCC)C(CC(=O)O)NC. The van der Waals surface area contributed by atoms with Crippen LogP contribution in [0.25, 0.3) is 0 Å². The van der Waals surface area contributed by atoms with Crippen molar-refractivity contribution in [2.45, 2.75) is 52.0 Å². The molecule has 1 atom stereocenters. The molecule has 0 aliphatic heterocycles. The molecule has 0 aromatic rings. The largest absolute Gasteiger partial charge is 0.481 e. The van der Waals surface area contributed by atoms with Crippen LogP contribution in [0.15, 0.2) is 0 Å². The lowest BCUT2D eigenvalue weighted by Gasteiger charge is -2.25. The summed E-state index contributed by atoms with van der Waals surface area (Å²) in [6.45, 7) is 4.30. The Balaban J connectivity index is 4.16. The number of carbonyl (C=O) groups is 1. The number of nitrogens with one attached hydrogen (secondary N) is 1. The molecule has 0 saturated heterocycles. The van der Waals surface area contributed by atoms with Gasteiger partial charge in [0.15, 0.2) is 0 Å². The third kappa shape index (κ3) is 5.22. The second-order valence-electron chi connectivity index (χ2n) is 3.83. The number of carboxylic acid groups (broad SMARTS) is 1. The van der Waals surface area contributed by atoms with Crippen LogP contribution in [-0.2, 0) is 4.79 Å². The van der Waals surface area contributed by atoms with Crippen LogP contribution in [0.4, 0.5) is 0 Å². The smallest absolute Gasteiger partial charge is 0.304 e. The maximum atomic E-state index is 10.6. The van der Waals surface area contributed by atoms with Gasteiger partial charge in [-0.1, -0.05) is 26.7 Å². The molecule has 0 amide bonds. The minimum absolute atomic E-state index is 0.132. The van der Waals surface area contributed by atoms with Crippen LogP contribution in [0.1, 0.15) is 46.0 Å². The fourth-order valence-electron chi connectivity index (χ4n) is 1.98. The fourth-order valence-corrected chi connectivity index (χ4v) is 1.98. The predicted molar refractivity (Wildman–Crippen MR) is 58.4 cm³/mol. The molecule has 14 heavy (non-hydrogen) atoms. The van der Waals surface area contributed by atoms with E-state index < -0.39 is 5.97 Å². The van der Waals surface area contributed by atoms with Gasteiger partial charge >= 0.3 is 5.97 Å². The summed E-state index contributed by atoms with van der Waals surface area (Å²) in [5, 5.41) is 11.9. The molecular formula is C11H23NO2. The van der Waals surface area contributed by atoms with E-state index >= 15 is 0 Å². The molecule has 0 bridgehead atoms. The van der Waals surface area contributed by atoms with Gasteiger partial charge in [-0.05, 0) is 25.8 Å². The summed E-state index contributed by atoms with van der Waals surface area (Å²) in [7, 11) is 1.85. The summed E-state index contributed by atoms with van der Waals surface area (Å²) in [5.41, 5.74) is 0. The Hall–Kier alpha value is -0.570. The van der Waals surface area contributed by atoms with Crippen molar-refractivity contribution in [1.82, 2.24) is 5.32 Å². The van der Waals surface area contributed by atoms with Crippen molar-refractivity contribution < 1.29 is 9.90 Å². The van der Waals surface area contributed by atoms with Crippen LogP contribution in [0.5, 0.6) is 0 Å². The van der Waals surface area contributed by atoms with E-state index in [9.17, 15) is 4.79 Å². The van der Waals surface area contributed by atoms with Gasteiger partial charge in [-0.3, -0.25) is 4.79 Å². The number of rotatable bonds is 8. The first-order chi connectivity index (χ1) is 6.65. The second-order valence-corrected chi connectivity index (χ2v) is 3.83. The van der Waals surface area contributed by atoms with E-state index in [0.29, 0.717) is 5.92 Å². The first-order valence-corrected chi connectivity index (χ1v) is 5.54. The molecule has 0 aromatic heterocycles. The van der Waals surface area contributed by atoms with Crippen molar-refractivity contribution >= 4 is 5.97 Å². The lowest BCUT2D eigenvalue weighted by molar-refractivity contribution is -0.137. The Morgan fingerprint density at radius 2 is 1.79 bits per heavy atom. The molecular weight excluding hydrogens is 178 g/mol. The molecule has 84 valence electrons. The summed E-state index contributed by atoms with van der Waals surface area (Å²) in [4.78, 5) is 10.6. The normalized spacial score (nSPS) is 13.1. The van der Waals surface area contributed by atoms with Crippen LogP contribution in [-0.4, -0.2) is 24.2 Å². The highest BCUT2D eigenvalue weighted by molar-refractivity contribution is 5.67. The Bertz CT molecular complexity index is 153. The van der Waals surface area contributed by atoms with Crippen molar-refractivity contribution in [3.63, 3.8) is 0 Å². The molecule has 0 rings (SSSR count). The standard InChI is InChI=1S/C11H23NO2/c1-4-6-9(7-5-2)10(12-3)8-11(13)14/h9-10,12H,4-8H2,1-3H3,(H,13,14).